The highest BCUT2D eigenvalue weighted by Crippen LogP contribution is 2.15. The zero-order valence-electron chi connectivity index (χ0n) is 17.6. The number of ether oxygens (including phenoxy) is 1. The summed E-state index contributed by atoms with van der Waals surface area (Å²) in [5.74, 6) is -1.14. The Balaban J connectivity index is 1.69. The van der Waals surface area contributed by atoms with E-state index in [1.165, 1.54) is 0 Å². The number of carbonyl (C=O) groups is 3. The quantitative estimate of drug-likeness (QED) is 0.464. The van der Waals surface area contributed by atoms with Gasteiger partial charge in [-0.25, -0.2) is 9.78 Å². The minimum Gasteiger partial charge on any atom is -0.454 e. The van der Waals surface area contributed by atoms with E-state index in [2.05, 4.69) is 10.3 Å². The molecule has 0 bridgehead atoms. The van der Waals surface area contributed by atoms with Crippen molar-refractivity contribution in [3.05, 3.63) is 69.6 Å². The predicted molar refractivity (Wildman–Crippen MR) is 116 cm³/mol. The maximum atomic E-state index is 12.4. The molecule has 0 aliphatic rings. The first-order valence-corrected chi connectivity index (χ1v) is 9.95. The summed E-state index contributed by atoms with van der Waals surface area (Å²) in [6.45, 7) is 5.29. The van der Waals surface area contributed by atoms with E-state index >= 15 is 0 Å². The minimum atomic E-state index is -0.657. The predicted octanol–water partition coefficient (Wildman–Crippen LogP) is 3.11. The van der Waals surface area contributed by atoms with Crippen molar-refractivity contribution in [3.8, 4) is 0 Å². The Morgan fingerprint density at radius 2 is 1.71 bits per heavy atom. The Morgan fingerprint density at radius 1 is 1.03 bits per heavy atom. The van der Waals surface area contributed by atoms with E-state index < -0.39 is 12.6 Å². The number of hydrogen-bond donors (Lipinski definition) is 1. The molecule has 0 spiro atoms. The van der Waals surface area contributed by atoms with E-state index in [1.54, 1.807) is 60.9 Å². The van der Waals surface area contributed by atoms with Crippen molar-refractivity contribution in [2.75, 3.05) is 11.9 Å². The topological polar surface area (TPSA) is 107 Å². The maximum Gasteiger partial charge on any atom is 0.338 e. The second-order valence-corrected chi connectivity index (χ2v) is 6.93. The van der Waals surface area contributed by atoms with Gasteiger partial charge >= 0.3 is 5.97 Å². The van der Waals surface area contributed by atoms with E-state index in [0.717, 1.165) is 0 Å². The van der Waals surface area contributed by atoms with Crippen LogP contribution in [0.25, 0.3) is 11.0 Å². The minimum absolute atomic E-state index is 0.121. The lowest BCUT2D eigenvalue weighted by Gasteiger charge is -2.10. The molecule has 0 radical (unpaired) electrons. The van der Waals surface area contributed by atoms with Gasteiger partial charge in [0.05, 0.1) is 16.6 Å². The second kappa shape index (κ2) is 9.34. The molecule has 0 saturated carbocycles. The summed E-state index contributed by atoms with van der Waals surface area (Å²) in [5, 5.41) is 2.70. The van der Waals surface area contributed by atoms with Crippen LogP contribution >= 0.6 is 0 Å². The first-order chi connectivity index (χ1) is 14.8. The third-order valence-corrected chi connectivity index (χ3v) is 4.81. The van der Waals surface area contributed by atoms with Gasteiger partial charge in [-0.05, 0) is 56.3 Å². The van der Waals surface area contributed by atoms with E-state index in [-0.39, 0.29) is 22.8 Å². The first kappa shape index (κ1) is 21.9. The zero-order chi connectivity index (χ0) is 22.5. The molecule has 3 rings (SSSR count). The molecule has 3 aromatic rings. The van der Waals surface area contributed by atoms with Crippen LogP contribution in [0.1, 0.15) is 46.7 Å². The van der Waals surface area contributed by atoms with Gasteiger partial charge in [0.25, 0.3) is 5.56 Å². The summed E-state index contributed by atoms with van der Waals surface area (Å²) in [7, 11) is 0. The van der Waals surface area contributed by atoms with E-state index in [0.29, 0.717) is 40.9 Å². The monoisotopic (exact) mass is 421 g/mol. The number of esters is 1. The number of benzene rings is 2. The van der Waals surface area contributed by atoms with Gasteiger partial charge in [-0.2, -0.15) is 0 Å². The maximum absolute atomic E-state index is 12.4. The fourth-order valence-corrected chi connectivity index (χ4v) is 3.10. The third kappa shape index (κ3) is 4.85. The summed E-state index contributed by atoms with van der Waals surface area (Å²) < 4.78 is 6.75. The molecule has 0 fully saturated rings. The molecular weight excluding hydrogens is 398 g/mol. The number of Topliss-reactive ketones (excluding diaryl/α,β-unsaturated/α-hetero) is 1. The van der Waals surface area contributed by atoms with Crippen molar-refractivity contribution >= 4 is 34.4 Å². The number of hydrogen-bond acceptors (Lipinski definition) is 6. The van der Waals surface area contributed by atoms with E-state index in [4.69, 9.17) is 4.74 Å². The van der Waals surface area contributed by atoms with Crippen molar-refractivity contribution in [1.29, 1.82) is 0 Å². The van der Waals surface area contributed by atoms with Gasteiger partial charge in [-0.1, -0.05) is 6.92 Å². The first-order valence-electron chi connectivity index (χ1n) is 9.95. The number of carbonyl (C=O) groups excluding carboxylic acids is 3. The fourth-order valence-electron chi connectivity index (χ4n) is 3.10. The van der Waals surface area contributed by atoms with E-state index in [9.17, 15) is 19.2 Å². The number of fused-ring (bicyclic) bond motifs is 1. The molecule has 31 heavy (non-hydrogen) atoms. The molecule has 0 aliphatic heterocycles. The van der Waals surface area contributed by atoms with Crippen LogP contribution in [0.5, 0.6) is 0 Å². The Morgan fingerprint density at radius 3 is 2.35 bits per heavy atom. The molecule has 1 heterocycles. The standard InChI is InChI=1S/C23H23N3O5/c1-4-21(28)25-17-9-6-15(7-10-17)20(27)13-31-23(30)16-8-11-19-18(12-16)24-14(3)22(29)26(19)5-2/h6-12H,4-5,13H2,1-3H3,(H,25,28). The second-order valence-electron chi connectivity index (χ2n) is 6.93. The third-order valence-electron chi connectivity index (χ3n) is 4.81. The van der Waals surface area contributed by atoms with Gasteiger partial charge in [0, 0.05) is 24.2 Å². The Kier molecular flexibility index (Phi) is 6.59. The van der Waals surface area contributed by atoms with Gasteiger partial charge in [0.15, 0.2) is 12.4 Å². The molecule has 8 nitrogen and oxygen atoms in total. The van der Waals surface area contributed by atoms with Gasteiger partial charge < -0.3 is 14.6 Å². The molecule has 1 amide bonds. The lowest BCUT2D eigenvalue weighted by molar-refractivity contribution is -0.115. The number of ketones is 1. The van der Waals surface area contributed by atoms with Crippen LogP contribution in [0.2, 0.25) is 0 Å². The highest BCUT2D eigenvalue weighted by Gasteiger charge is 2.15. The summed E-state index contributed by atoms with van der Waals surface area (Å²) in [6, 6.07) is 11.1. The summed E-state index contributed by atoms with van der Waals surface area (Å²) in [4.78, 5) is 52.6. The average molecular weight is 421 g/mol. The summed E-state index contributed by atoms with van der Waals surface area (Å²) in [6.07, 6.45) is 0.358. The SMILES string of the molecule is CCC(=O)Nc1ccc(C(=O)COC(=O)c2ccc3c(c2)nc(C)c(=O)n3CC)cc1. The van der Waals surface area contributed by atoms with Gasteiger partial charge in [0.2, 0.25) is 5.91 Å². The molecule has 8 heteroatoms. The van der Waals surface area contributed by atoms with Crippen molar-refractivity contribution in [2.45, 2.75) is 33.7 Å². The Bertz CT molecular complexity index is 1210. The molecule has 0 atom stereocenters. The van der Waals surface area contributed by atoms with Crippen molar-refractivity contribution in [3.63, 3.8) is 0 Å². The molecule has 1 aromatic heterocycles. The van der Waals surface area contributed by atoms with E-state index in [1.807, 2.05) is 6.92 Å². The number of aromatic nitrogens is 2. The van der Waals surface area contributed by atoms with Crippen LogP contribution in [-0.2, 0) is 16.1 Å². The Hall–Kier alpha value is -3.81. The number of aryl methyl sites for hydroxylation is 2. The zero-order valence-corrected chi connectivity index (χ0v) is 17.6. The van der Waals surface area contributed by atoms with Crippen molar-refractivity contribution < 1.29 is 19.1 Å². The fraction of sp³-hybridized carbons (Fsp3) is 0.261. The van der Waals surface area contributed by atoms with Crippen LogP contribution < -0.4 is 10.9 Å². The average Bonchev–Trinajstić information content (AvgIpc) is 2.78. The highest BCUT2D eigenvalue weighted by molar-refractivity contribution is 6.00. The normalized spacial score (nSPS) is 10.7. The molecule has 160 valence electrons. The lowest BCUT2D eigenvalue weighted by atomic mass is 10.1. The molecule has 0 saturated heterocycles. The van der Waals surface area contributed by atoms with Crippen molar-refractivity contribution in [1.82, 2.24) is 9.55 Å². The van der Waals surface area contributed by atoms with Crippen LogP contribution in [0.3, 0.4) is 0 Å². The Labute approximate surface area is 178 Å². The number of nitrogens with one attached hydrogen (secondary N) is 1. The van der Waals surface area contributed by atoms with Crippen LogP contribution in [-0.4, -0.2) is 33.8 Å². The number of anilines is 1. The molecular formula is C23H23N3O5. The summed E-state index contributed by atoms with van der Waals surface area (Å²) >= 11 is 0. The summed E-state index contributed by atoms with van der Waals surface area (Å²) in [5.41, 5.74) is 2.50. The van der Waals surface area contributed by atoms with Crippen LogP contribution in [0, 0.1) is 6.92 Å². The van der Waals surface area contributed by atoms with Gasteiger partial charge in [-0.3, -0.25) is 14.4 Å². The van der Waals surface area contributed by atoms with Gasteiger partial charge in [-0.15, -0.1) is 0 Å². The number of rotatable bonds is 7. The molecule has 2 aromatic carbocycles. The molecule has 1 N–H and O–H groups in total. The van der Waals surface area contributed by atoms with Crippen LogP contribution in [0.15, 0.2) is 47.3 Å². The van der Waals surface area contributed by atoms with Gasteiger partial charge in [0.1, 0.15) is 5.69 Å². The number of amides is 1. The smallest absolute Gasteiger partial charge is 0.338 e. The largest absolute Gasteiger partial charge is 0.454 e. The number of nitrogens with zero attached hydrogens (tertiary/aromatic N) is 2. The molecule has 0 aliphatic carbocycles. The lowest BCUT2D eigenvalue weighted by Crippen LogP contribution is -2.23. The van der Waals surface area contributed by atoms with Crippen LogP contribution in [0.4, 0.5) is 5.69 Å². The van der Waals surface area contributed by atoms with Crippen molar-refractivity contribution in [2.24, 2.45) is 0 Å². The highest BCUT2D eigenvalue weighted by atomic mass is 16.5. The molecule has 0 unspecified atom stereocenters.